The number of thiocarbonyl (C=S) groups is 1. The Labute approximate surface area is 228 Å². The van der Waals surface area contributed by atoms with Gasteiger partial charge in [-0.15, -0.1) is 18.3 Å². The Hall–Kier alpha value is -4.25. The molecule has 0 spiro atoms. The van der Waals surface area contributed by atoms with Gasteiger partial charge < -0.3 is 10.1 Å². The van der Waals surface area contributed by atoms with E-state index >= 15 is 0 Å². The third-order valence-corrected chi connectivity index (χ3v) is 6.57. The van der Waals surface area contributed by atoms with Crippen LogP contribution in [0.5, 0.6) is 5.75 Å². The van der Waals surface area contributed by atoms with Crippen molar-refractivity contribution in [1.82, 2.24) is 20.2 Å². The summed E-state index contributed by atoms with van der Waals surface area (Å²) in [5.41, 5.74) is 7.35. The summed E-state index contributed by atoms with van der Waals surface area (Å²) in [7, 11) is 0. The summed E-state index contributed by atoms with van der Waals surface area (Å²) in [6.45, 7) is 0. The highest BCUT2D eigenvalue weighted by molar-refractivity contribution is 7.80. The number of para-hydroxylation sites is 1. The van der Waals surface area contributed by atoms with Gasteiger partial charge in [0, 0.05) is 11.3 Å². The number of ether oxygens (including phenoxy) is 1. The van der Waals surface area contributed by atoms with Crippen molar-refractivity contribution in [1.29, 1.82) is 0 Å². The first-order valence-electron chi connectivity index (χ1n) is 12.4. The molecular weight excluding hydrogens is 525 g/mol. The normalized spacial score (nSPS) is 14.0. The molecule has 0 amide bonds. The zero-order valence-corrected chi connectivity index (χ0v) is 21.5. The van der Waals surface area contributed by atoms with Crippen molar-refractivity contribution in [3.8, 4) is 22.8 Å². The molecule has 0 unspecified atom stereocenters. The van der Waals surface area contributed by atoms with Gasteiger partial charge in [0.1, 0.15) is 12.1 Å². The van der Waals surface area contributed by atoms with Gasteiger partial charge in [0.25, 0.3) is 0 Å². The van der Waals surface area contributed by atoms with Crippen LogP contribution in [0.4, 0.5) is 18.9 Å². The lowest BCUT2D eigenvalue weighted by molar-refractivity contribution is -0.274. The highest BCUT2D eigenvalue weighted by atomic mass is 32.1. The van der Waals surface area contributed by atoms with E-state index in [1.807, 2.05) is 36.4 Å². The van der Waals surface area contributed by atoms with Gasteiger partial charge in [-0.05, 0) is 72.4 Å². The van der Waals surface area contributed by atoms with E-state index in [-0.39, 0.29) is 5.75 Å². The zero-order valence-electron chi connectivity index (χ0n) is 20.7. The maximum absolute atomic E-state index is 12.4. The molecule has 3 aromatic carbocycles. The molecule has 0 atom stereocenters. The van der Waals surface area contributed by atoms with Crippen LogP contribution in [0.15, 0.2) is 84.2 Å². The second kappa shape index (κ2) is 11.6. The van der Waals surface area contributed by atoms with Crippen molar-refractivity contribution in [3.05, 3.63) is 90.3 Å². The summed E-state index contributed by atoms with van der Waals surface area (Å²) in [5, 5.41) is 12.3. The van der Waals surface area contributed by atoms with E-state index in [0.717, 1.165) is 16.8 Å². The van der Waals surface area contributed by atoms with Crippen LogP contribution in [-0.4, -0.2) is 32.5 Å². The van der Waals surface area contributed by atoms with Gasteiger partial charge in [0.15, 0.2) is 10.9 Å². The predicted molar refractivity (Wildman–Crippen MR) is 148 cm³/mol. The molecule has 11 heteroatoms. The molecule has 1 aliphatic carbocycles. The quantitative estimate of drug-likeness (QED) is 0.150. The van der Waals surface area contributed by atoms with Gasteiger partial charge in [-0.2, -0.15) is 5.10 Å². The maximum Gasteiger partial charge on any atom is 0.573 e. The average molecular weight is 551 g/mol. The fourth-order valence-corrected chi connectivity index (χ4v) is 4.72. The number of alkyl halides is 3. The summed E-state index contributed by atoms with van der Waals surface area (Å²) in [4.78, 5) is 4.30. The molecule has 7 nitrogen and oxygen atoms in total. The number of aromatic nitrogens is 3. The lowest BCUT2D eigenvalue weighted by Gasteiger charge is -2.16. The van der Waals surface area contributed by atoms with Gasteiger partial charge in [0.05, 0.1) is 11.9 Å². The Kier molecular flexibility index (Phi) is 7.87. The van der Waals surface area contributed by atoms with E-state index in [4.69, 9.17) is 12.2 Å². The van der Waals surface area contributed by atoms with Crippen LogP contribution in [0, 0.1) is 0 Å². The van der Waals surface area contributed by atoms with Crippen LogP contribution in [0.1, 0.15) is 42.7 Å². The molecule has 0 saturated heterocycles. The van der Waals surface area contributed by atoms with Gasteiger partial charge in [0.2, 0.25) is 0 Å². The standard InChI is InChI=1S/C28H25F3N6OS/c29-28(30,31)38-23-15-13-22(14-16-23)37-18-32-26(36-37)21-11-9-19(10-12-21)17-33-35-27(39)34-25-8-4-3-7-24(25)20-5-1-2-6-20/h3-4,7-18,20H,1-2,5-6H2,(H2,34,35,39)/b33-17+. The Morgan fingerprint density at radius 1 is 1.00 bits per heavy atom. The molecule has 200 valence electrons. The first kappa shape index (κ1) is 26.4. The van der Waals surface area contributed by atoms with Crippen molar-refractivity contribution >= 4 is 29.2 Å². The molecule has 0 bridgehead atoms. The second-order valence-electron chi connectivity index (χ2n) is 9.07. The Morgan fingerprint density at radius 2 is 1.72 bits per heavy atom. The molecule has 0 aliphatic heterocycles. The first-order valence-corrected chi connectivity index (χ1v) is 12.8. The monoisotopic (exact) mass is 550 g/mol. The molecule has 0 radical (unpaired) electrons. The van der Waals surface area contributed by atoms with Crippen molar-refractivity contribution < 1.29 is 17.9 Å². The van der Waals surface area contributed by atoms with Crippen LogP contribution in [0.2, 0.25) is 0 Å². The van der Waals surface area contributed by atoms with Crippen molar-refractivity contribution in [3.63, 3.8) is 0 Å². The molecule has 1 saturated carbocycles. The SMILES string of the molecule is FC(F)(F)Oc1ccc(-n2cnc(-c3ccc(/C=N/NC(=S)Nc4ccccc4C4CCCC4)cc3)n2)cc1. The zero-order chi connectivity index (χ0) is 27.2. The summed E-state index contributed by atoms with van der Waals surface area (Å²) in [6, 6.07) is 21.1. The number of nitrogens with zero attached hydrogens (tertiary/aromatic N) is 4. The maximum atomic E-state index is 12.4. The van der Waals surface area contributed by atoms with Gasteiger partial charge >= 0.3 is 6.36 Å². The van der Waals surface area contributed by atoms with E-state index in [1.165, 1.54) is 66.5 Å². The number of hydrogen-bond donors (Lipinski definition) is 2. The van der Waals surface area contributed by atoms with Gasteiger partial charge in [-0.3, -0.25) is 5.43 Å². The predicted octanol–water partition coefficient (Wildman–Crippen LogP) is 6.81. The van der Waals surface area contributed by atoms with E-state index in [0.29, 0.717) is 22.5 Å². The molecule has 1 aliphatic rings. The van der Waals surface area contributed by atoms with Crippen molar-refractivity contribution in [2.75, 3.05) is 5.32 Å². The van der Waals surface area contributed by atoms with Gasteiger partial charge in [-0.25, -0.2) is 9.67 Å². The number of hydrazone groups is 1. The number of nitrogens with one attached hydrogen (secondary N) is 2. The molecule has 4 aromatic rings. The van der Waals surface area contributed by atoms with E-state index in [1.54, 1.807) is 6.21 Å². The van der Waals surface area contributed by atoms with Gasteiger partial charge in [-0.1, -0.05) is 55.3 Å². The van der Waals surface area contributed by atoms with Crippen LogP contribution in [0.25, 0.3) is 17.1 Å². The van der Waals surface area contributed by atoms with Crippen LogP contribution in [0.3, 0.4) is 0 Å². The van der Waals surface area contributed by atoms with E-state index in [2.05, 4.69) is 42.8 Å². The third kappa shape index (κ3) is 6.99. The molecular formula is C28H25F3N6OS. The number of benzene rings is 3. The lowest BCUT2D eigenvalue weighted by Crippen LogP contribution is -2.24. The fourth-order valence-electron chi connectivity index (χ4n) is 4.56. The number of halogens is 3. The Bertz CT molecular complexity index is 1450. The summed E-state index contributed by atoms with van der Waals surface area (Å²) < 4.78 is 42.5. The first-order chi connectivity index (χ1) is 18.8. The Balaban J connectivity index is 1.17. The number of anilines is 1. The van der Waals surface area contributed by atoms with Crippen LogP contribution in [-0.2, 0) is 0 Å². The summed E-state index contributed by atoms with van der Waals surface area (Å²) in [6.07, 6.45) is 3.36. The smallest absolute Gasteiger partial charge is 0.406 e. The minimum Gasteiger partial charge on any atom is -0.406 e. The number of rotatable bonds is 7. The molecule has 1 aromatic heterocycles. The average Bonchev–Trinajstić information content (AvgIpc) is 3.62. The minimum absolute atomic E-state index is 0.302. The molecule has 2 N–H and O–H groups in total. The van der Waals surface area contributed by atoms with Crippen LogP contribution >= 0.6 is 12.2 Å². The van der Waals surface area contributed by atoms with E-state index < -0.39 is 6.36 Å². The topological polar surface area (TPSA) is 76.4 Å². The van der Waals surface area contributed by atoms with Crippen molar-refractivity contribution in [2.24, 2.45) is 5.10 Å². The summed E-state index contributed by atoms with van der Waals surface area (Å²) >= 11 is 5.43. The molecule has 5 rings (SSSR count). The largest absolute Gasteiger partial charge is 0.573 e. The Morgan fingerprint density at radius 3 is 2.44 bits per heavy atom. The van der Waals surface area contributed by atoms with E-state index in [9.17, 15) is 13.2 Å². The highest BCUT2D eigenvalue weighted by Gasteiger charge is 2.31. The highest BCUT2D eigenvalue weighted by Crippen LogP contribution is 2.37. The molecule has 1 heterocycles. The fraction of sp³-hybridized carbons (Fsp3) is 0.214. The van der Waals surface area contributed by atoms with Crippen LogP contribution < -0.4 is 15.5 Å². The van der Waals surface area contributed by atoms with Crippen molar-refractivity contribution in [2.45, 2.75) is 38.0 Å². The summed E-state index contributed by atoms with van der Waals surface area (Å²) in [5.74, 6) is 0.736. The molecule has 1 fully saturated rings. The minimum atomic E-state index is -4.74. The number of hydrogen-bond acceptors (Lipinski definition) is 5. The third-order valence-electron chi connectivity index (χ3n) is 6.38. The molecule has 39 heavy (non-hydrogen) atoms. The second-order valence-corrected chi connectivity index (χ2v) is 9.48. The lowest BCUT2D eigenvalue weighted by atomic mass is 9.96.